The minimum Gasteiger partial charge on any atom is -0.374 e. The van der Waals surface area contributed by atoms with E-state index in [0.29, 0.717) is 6.54 Å². The number of aliphatic imine (C=N–C) groups is 1. The number of anilines is 1. The number of ether oxygens (including phenoxy) is 1. The molecule has 1 unspecified atom stereocenters. The molecule has 146 valence electrons. The van der Waals surface area contributed by atoms with Gasteiger partial charge in [-0.2, -0.15) is 0 Å². The van der Waals surface area contributed by atoms with Crippen LogP contribution in [0.25, 0.3) is 0 Å². The molecule has 0 saturated carbocycles. The Labute approximate surface area is 179 Å². The first kappa shape index (κ1) is 21.7. The van der Waals surface area contributed by atoms with Crippen molar-refractivity contribution in [3.05, 3.63) is 65.7 Å². The molecule has 1 aliphatic rings. The number of aryl methyl sites for hydroxylation is 1. The molecule has 5 nitrogen and oxygen atoms in total. The third kappa shape index (κ3) is 7.48. The van der Waals surface area contributed by atoms with Gasteiger partial charge in [0.25, 0.3) is 0 Å². The molecule has 2 N–H and O–H groups in total. The highest BCUT2D eigenvalue weighted by Gasteiger charge is 2.17. The summed E-state index contributed by atoms with van der Waals surface area (Å²) in [5.74, 6) is 0.772. The fourth-order valence-corrected chi connectivity index (χ4v) is 2.86. The van der Waals surface area contributed by atoms with Crippen molar-refractivity contribution in [2.75, 3.05) is 38.6 Å². The number of guanidine groups is 1. The van der Waals surface area contributed by atoms with Crippen LogP contribution in [0.5, 0.6) is 0 Å². The van der Waals surface area contributed by atoms with Gasteiger partial charge in [0.1, 0.15) is 0 Å². The van der Waals surface area contributed by atoms with Gasteiger partial charge < -0.3 is 20.3 Å². The number of nitrogens with zero attached hydrogens (tertiary/aromatic N) is 2. The Kier molecular flexibility index (Phi) is 9.03. The van der Waals surface area contributed by atoms with E-state index in [1.807, 2.05) is 30.3 Å². The normalized spacial score (nSPS) is 17.9. The van der Waals surface area contributed by atoms with Crippen LogP contribution in [0.3, 0.4) is 0 Å². The topological polar surface area (TPSA) is 48.9 Å². The predicted octanol–water partition coefficient (Wildman–Crippen LogP) is 3.50. The number of para-hydroxylation sites is 1. The number of rotatable bonds is 5. The summed E-state index contributed by atoms with van der Waals surface area (Å²) in [5.41, 5.74) is 3.47. The average molecular weight is 480 g/mol. The molecule has 27 heavy (non-hydrogen) atoms. The Morgan fingerprint density at radius 2 is 1.89 bits per heavy atom. The number of likely N-dealkylation sites (N-methyl/N-ethyl adjacent to an activating group) is 1. The maximum Gasteiger partial charge on any atom is 0.196 e. The van der Waals surface area contributed by atoms with Crippen LogP contribution in [-0.4, -0.2) is 50.3 Å². The molecule has 1 aliphatic heterocycles. The lowest BCUT2D eigenvalue weighted by Crippen LogP contribution is -2.47. The van der Waals surface area contributed by atoms with E-state index in [2.05, 4.69) is 53.8 Å². The first-order chi connectivity index (χ1) is 12.7. The van der Waals surface area contributed by atoms with E-state index in [1.165, 1.54) is 11.1 Å². The Balaban J connectivity index is 0.00000261. The molecule has 2 aromatic rings. The SMILES string of the molecule is Cc1ccc(CN=C(NCC2CN(C)CCO2)Nc2ccccc2)cc1.I. The van der Waals surface area contributed by atoms with Crippen molar-refractivity contribution in [1.82, 2.24) is 10.2 Å². The molecule has 0 aromatic heterocycles. The average Bonchev–Trinajstić information content (AvgIpc) is 2.66. The van der Waals surface area contributed by atoms with Crippen molar-refractivity contribution in [3.8, 4) is 0 Å². The standard InChI is InChI=1S/C21H28N4O.HI/c1-17-8-10-18(11-9-17)14-22-21(24-19-6-4-3-5-7-19)23-15-20-16-25(2)12-13-26-20;/h3-11,20H,12-16H2,1-2H3,(H2,22,23,24);1H. The molecule has 1 heterocycles. The van der Waals surface area contributed by atoms with E-state index in [1.54, 1.807) is 0 Å². The summed E-state index contributed by atoms with van der Waals surface area (Å²) in [7, 11) is 2.13. The third-order valence-electron chi connectivity index (χ3n) is 4.42. The smallest absolute Gasteiger partial charge is 0.196 e. The van der Waals surface area contributed by atoms with Crippen LogP contribution in [0.2, 0.25) is 0 Å². The van der Waals surface area contributed by atoms with Crippen molar-refractivity contribution >= 4 is 35.6 Å². The Morgan fingerprint density at radius 3 is 2.59 bits per heavy atom. The summed E-state index contributed by atoms with van der Waals surface area (Å²) in [4.78, 5) is 7.04. The van der Waals surface area contributed by atoms with Gasteiger partial charge in [0.05, 0.1) is 19.3 Å². The fourth-order valence-electron chi connectivity index (χ4n) is 2.86. The number of hydrogen-bond donors (Lipinski definition) is 2. The van der Waals surface area contributed by atoms with E-state index in [4.69, 9.17) is 9.73 Å². The van der Waals surface area contributed by atoms with Crippen LogP contribution in [-0.2, 0) is 11.3 Å². The summed E-state index contributed by atoms with van der Waals surface area (Å²) in [6.45, 7) is 6.17. The summed E-state index contributed by atoms with van der Waals surface area (Å²) in [6.07, 6.45) is 0.177. The van der Waals surface area contributed by atoms with Gasteiger partial charge in [0.15, 0.2) is 5.96 Å². The Hall–Kier alpha value is -1.64. The van der Waals surface area contributed by atoms with Gasteiger partial charge in [0, 0.05) is 25.3 Å². The van der Waals surface area contributed by atoms with Gasteiger partial charge in [-0.3, -0.25) is 0 Å². The summed E-state index contributed by atoms with van der Waals surface area (Å²) in [5, 5.41) is 6.81. The molecule has 1 saturated heterocycles. The second-order valence-electron chi connectivity index (χ2n) is 6.78. The molecule has 0 aliphatic carbocycles. The van der Waals surface area contributed by atoms with Crippen molar-refractivity contribution in [1.29, 1.82) is 0 Å². The van der Waals surface area contributed by atoms with Gasteiger partial charge in [-0.1, -0.05) is 48.0 Å². The van der Waals surface area contributed by atoms with Crippen LogP contribution in [0.4, 0.5) is 5.69 Å². The highest BCUT2D eigenvalue weighted by molar-refractivity contribution is 14.0. The summed E-state index contributed by atoms with van der Waals surface area (Å²) in [6, 6.07) is 18.6. The van der Waals surface area contributed by atoms with Crippen molar-refractivity contribution in [2.45, 2.75) is 19.6 Å². The zero-order valence-corrected chi connectivity index (χ0v) is 18.4. The largest absolute Gasteiger partial charge is 0.374 e. The van der Waals surface area contributed by atoms with Crippen LogP contribution >= 0.6 is 24.0 Å². The van der Waals surface area contributed by atoms with Crippen LogP contribution < -0.4 is 10.6 Å². The number of benzene rings is 2. The van der Waals surface area contributed by atoms with E-state index in [0.717, 1.165) is 37.9 Å². The lowest BCUT2D eigenvalue weighted by Gasteiger charge is -2.30. The number of nitrogens with one attached hydrogen (secondary N) is 2. The quantitative estimate of drug-likeness (QED) is 0.391. The number of morpholine rings is 1. The molecule has 0 bridgehead atoms. The van der Waals surface area contributed by atoms with Crippen molar-refractivity contribution in [3.63, 3.8) is 0 Å². The summed E-state index contributed by atoms with van der Waals surface area (Å²) >= 11 is 0. The lowest BCUT2D eigenvalue weighted by molar-refractivity contribution is -0.0160. The molecule has 0 radical (unpaired) electrons. The van der Waals surface area contributed by atoms with Crippen molar-refractivity contribution in [2.24, 2.45) is 4.99 Å². The van der Waals surface area contributed by atoms with E-state index in [-0.39, 0.29) is 30.1 Å². The van der Waals surface area contributed by atoms with Gasteiger partial charge in [-0.25, -0.2) is 4.99 Å². The maximum atomic E-state index is 5.84. The molecular formula is C21H29IN4O. The molecule has 6 heteroatoms. The zero-order valence-electron chi connectivity index (χ0n) is 16.0. The van der Waals surface area contributed by atoms with Gasteiger partial charge in [-0.05, 0) is 31.7 Å². The second-order valence-corrected chi connectivity index (χ2v) is 6.78. The van der Waals surface area contributed by atoms with E-state index >= 15 is 0 Å². The first-order valence-electron chi connectivity index (χ1n) is 9.15. The van der Waals surface area contributed by atoms with Gasteiger partial charge in [-0.15, -0.1) is 24.0 Å². The molecule has 2 aromatic carbocycles. The third-order valence-corrected chi connectivity index (χ3v) is 4.42. The lowest BCUT2D eigenvalue weighted by atomic mass is 10.1. The van der Waals surface area contributed by atoms with Crippen LogP contribution in [0.15, 0.2) is 59.6 Å². The number of halogens is 1. The first-order valence-corrected chi connectivity index (χ1v) is 9.15. The highest BCUT2D eigenvalue weighted by atomic mass is 127. The Bertz CT molecular complexity index is 706. The van der Waals surface area contributed by atoms with E-state index in [9.17, 15) is 0 Å². The van der Waals surface area contributed by atoms with Crippen molar-refractivity contribution < 1.29 is 4.74 Å². The molecule has 1 fully saturated rings. The van der Waals surface area contributed by atoms with Crippen LogP contribution in [0, 0.1) is 6.92 Å². The fraction of sp³-hybridized carbons (Fsp3) is 0.381. The molecule has 0 amide bonds. The van der Waals surface area contributed by atoms with Gasteiger partial charge in [0.2, 0.25) is 0 Å². The monoisotopic (exact) mass is 480 g/mol. The molecule has 0 spiro atoms. The second kappa shape index (κ2) is 11.3. The Morgan fingerprint density at radius 1 is 1.15 bits per heavy atom. The maximum absolute atomic E-state index is 5.84. The molecule has 1 atom stereocenters. The van der Waals surface area contributed by atoms with Gasteiger partial charge >= 0.3 is 0 Å². The zero-order chi connectivity index (χ0) is 18.2. The minimum absolute atomic E-state index is 0. The highest BCUT2D eigenvalue weighted by Crippen LogP contribution is 2.08. The predicted molar refractivity (Wildman–Crippen MR) is 123 cm³/mol. The van der Waals surface area contributed by atoms with Crippen LogP contribution in [0.1, 0.15) is 11.1 Å². The molecular weight excluding hydrogens is 451 g/mol. The summed E-state index contributed by atoms with van der Waals surface area (Å²) < 4.78 is 5.84. The minimum atomic E-state index is 0. The molecule has 3 rings (SSSR count). The van der Waals surface area contributed by atoms with E-state index < -0.39 is 0 Å². The number of hydrogen-bond acceptors (Lipinski definition) is 3.